The number of rotatable bonds is 3. The van der Waals surface area contributed by atoms with Crippen LogP contribution in [0.1, 0.15) is 0 Å². The van der Waals surface area contributed by atoms with Crippen LogP contribution in [0.3, 0.4) is 0 Å². The highest BCUT2D eigenvalue weighted by atomic mass is 32.1. The van der Waals surface area contributed by atoms with Crippen molar-refractivity contribution < 1.29 is 9.32 Å². The molecule has 0 aliphatic carbocycles. The Morgan fingerprint density at radius 1 is 1.07 bits per heavy atom. The van der Waals surface area contributed by atoms with Crippen LogP contribution in [0.15, 0.2) is 53.2 Å². The third-order valence-electron chi connectivity index (χ3n) is 4.76. The summed E-state index contributed by atoms with van der Waals surface area (Å²) in [6.45, 7) is 2.55. The third-order valence-corrected chi connectivity index (χ3v) is 5.54. The molecule has 0 saturated carbocycles. The Morgan fingerprint density at radius 2 is 1.90 bits per heavy atom. The molecule has 5 rings (SSSR count). The van der Waals surface area contributed by atoms with E-state index in [-0.39, 0.29) is 6.03 Å². The molecule has 146 valence electrons. The van der Waals surface area contributed by atoms with Gasteiger partial charge in [0.25, 0.3) is 5.71 Å². The molecule has 1 saturated heterocycles. The second kappa shape index (κ2) is 7.47. The number of amides is 2. The average Bonchev–Trinajstić information content (AvgIpc) is 3.43. The Balaban J connectivity index is 1.21. The minimum absolute atomic E-state index is 0.203. The lowest BCUT2D eigenvalue weighted by Crippen LogP contribution is -2.50. The molecule has 0 atom stereocenters. The molecule has 1 N–H and O–H groups in total. The summed E-state index contributed by atoms with van der Waals surface area (Å²) in [5, 5.41) is 8.27. The largest absolute Gasteiger partial charge is 0.343 e. The molecule has 0 unspecified atom stereocenters. The first-order chi connectivity index (χ1) is 14.3. The molecule has 29 heavy (non-hydrogen) atoms. The van der Waals surface area contributed by atoms with Crippen LogP contribution in [0, 0.1) is 0 Å². The molecule has 1 aliphatic rings. The molecule has 1 aromatic carbocycles. The summed E-state index contributed by atoms with van der Waals surface area (Å²) in [6.07, 6.45) is 1.62. The molecule has 4 aromatic rings. The van der Waals surface area contributed by atoms with Crippen molar-refractivity contribution in [3.05, 3.63) is 48.7 Å². The molecule has 0 bridgehead atoms. The van der Waals surface area contributed by atoms with Crippen molar-refractivity contribution in [1.82, 2.24) is 24.4 Å². The second-order valence-corrected chi connectivity index (χ2v) is 7.29. The number of nitrogens with one attached hydrogen (secondary N) is 1. The van der Waals surface area contributed by atoms with E-state index in [9.17, 15) is 4.79 Å². The Hall–Kier alpha value is -3.53. The summed E-state index contributed by atoms with van der Waals surface area (Å²) in [4.78, 5) is 25.3. The van der Waals surface area contributed by atoms with Crippen molar-refractivity contribution in [3.63, 3.8) is 0 Å². The fraction of sp³-hybridized carbons (Fsp3) is 0.211. The minimum atomic E-state index is -0.203. The zero-order chi connectivity index (χ0) is 19.6. The van der Waals surface area contributed by atoms with Gasteiger partial charge in [-0.15, -0.1) is 0 Å². The maximum atomic E-state index is 12.6. The standard InChI is InChI=1S/C19H17N7O2S/c27-18(21-16-14-7-4-8-20-17(14)28-23-16)25-9-11-26(12-10-25)19-22-15(24-29-19)13-5-2-1-3-6-13/h1-8H,9-12H2,(H,21,23,27). The lowest BCUT2D eigenvalue weighted by atomic mass is 10.2. The average molecular weight is 407 g/mol. The highest BCUT2D eigenvalue weighted by Crippen LogP contribution is 2.25. The Labute approximate surface area is 170 Å². The molecule has 0 radical (unpaired) electrons. The first kappa shape index (κ1) is 17.6. The predicted octanol–water partition coefficient (Wildman–Crippen LogP) is 3.10. The number of fused-ring (bicyclic) bond motifs is 1. The van der Waals surface area contributed by atoms with Crippen LogP contribution < -0.4 is 10.2 Å². The SMILES string of the molecule is O=C(Nc1noc2ncccc12)N1CCN(c2nc(-c3ccccc3)ns2)CC1. The Morgan fingerprint density at radius 3 is 2.72 bits per heavy atom. The molecule has 9 nitrogen and oxygen atoms in total. The number of anilines is 2. The lowest BCUT2D eigenvalue weighted by molar-refractivity contribution is 0.208. The van der Waals surface area contributed by atoms with Gasteiger partial charge in [0.15, 0.2) is 11.6 Å². The molecular weight excluding hydrogens is 390 g/mol. The van der Waals surface area contributed by atoms with Crippen molar-refractivity contribution in [2.75, 3.05) is 36.4 Å². The Kier molecular flexibility index (Phi) is 4.53. The van der Waals surface area contributed by atoms with Crippen LogP contribution in [0.2, 0.25) is 0 Å². The van der Waals surface area contributed by atoms with Gasteiger partial charge in [0.1, 0.15) is 0 Å². The normalized spacial score (nSPS) is 14.3. The summed E-state index contributed by atoms with van der Waals surface area (Å²) in [6, 6.07) is 13.3. The van der Waals surface area contributed by atoms with E-state index in [0.717, 1.165) is 16.5 Å². The lowest BCUT2D eigenvalue weighted by Gasteiger charge is -2.34. The van der Waals surface area contributed by atoms with Gasteiger partial charge < -0.3 is 14.3 Å². The van der Waals surface area contributed by atoms with Gasteiger partial charge in [0.2, 0.25) is 5.13 Å². The number of carbonyl (C=O) groups is 1. The van der Waals surface area contributed by atoms with E-state index >= 15 is 0 Å². The summed E-state index contributed by atoms with van der Waals surface area (Å²) < 4.78 is 9.60. The first-order valence-corrected chi connectivity index (χ1v) is 9.96. The van der Waals surface area contributed by atoms with Gasteiger partial charge in [-0.3, -0.25) is 5.32 Å². The third kappa shape index (κ3) is 3.49. The van der Waals surface area contributed by atoms with Gasteiger partial charge in [0, 0.05) is 49.5 Å². The highest BCUT2D eigenvalue weighted by Gasteiger charge is 2.24. The van der Waals surface area contributed by atoms with Crippen molar-refractivity contribution in [2.24, 2.45) is 0 Å². The van der Waals surface area contributed by atoms with E-state index in [1.807, 2.05) is 36.4 Å². The fourth-order valence-corrected chi connectivity index (χ4v) is 3.94. The van der Waals surface area contributed by atoms with Crippen molar-refractivity contribution in [2.45, 2.75) is 0 Å². The van der Waals surface area contributed by atoms with Crippen LogP contribution in [0.25, 0.3) is 22.5 Å². The van der Waals surface area contributed by atoms with Gasteiger partial charge in [-0.2, -0.15) is 9.36 Å². The monoisotopic (exact) mass is 407 g/mol. The van der Waals surface area contributed by atoms with Gasteiger partial charge in [-0.05, 0) is 12.1 Å². The van der Waals surface area contributed by atoms with Crippen molar-refractivity contribution >= 4 is 39.6 Å². The van der Waals surface area contributed by atoms with Crippen molar-refractivity contribution in [1.29, 1.82) is 0 Å². The number of aromatic nitrogens is 4. The summed E-state index contributed by atoms with van der Waals surface area (Å²) >= 11 is 1.38. The minimum Gasteiger partial charge on any atom is -0.343 e. The van der Waals surface area contributed by atoms with E-state index in [1.165, 1.54) is 11.5 Å². The van der Waals surface area contributed by atoms with E-state index in [2.05, 4.69) is 29.7 Å². The number of carbonyl (C=O) groups excluding carboxylic acids is 1. The van der Waals surface area contributed by atoms with E-state index < -0.39 is 0 Å². The number of piperazine rings is 1. The summed E-state index contributed by atoms with van der Waals surface area (Å²) in [5.41, 5.74) is 1.40. The van der Waals surface area contributed by atoms with Crippen LogP contribution in [0.5, 0.6) is 0 Å². The zero-order valence-corrected chi connectivity index (χ0v) is 16.2. The van der Waals surface area contributed by atoms with Crippen LogP contribution in [0.4, 0.5) is 15.7 Å². The molecule has 0 spiro atoms. The van der Waals surface area contributed by atoms with Crippen LogP contribution in [-0.4, -0.2) is 56.6 Å². The van der Waals surface area contributed by atoms with Gasteiger partial charge in [0.05, 0.1) is 5.39 Å². The van der Waals surface area contributed by atoms with Crippen molar-refractivity contribution in [3.8, 4) is 11.4 Å². The molecule has 10 heteroatoms. The summed E-state index contributed by atoms with van der Waals surface area (Å²) in [7, 11) is 0. The van der Waals surface area contributed by atoms with Gasteiger partial charge >= 0.3 is 6.03 Å². The number of hydrogen-bond donors (Lipinski definition) is 1. The van der Waals surface area contributed by atoms with Gasteiger partial charge in [-0.25, -0.2) is 9.78 Å². The number of pyridine rings is 1. The quantitative estimate of drug-likeness (QED) is 0.557. The topological polar surface area (TPSA) is 100 Å². The number of nitrogens with zero attached hydrogens (tertiary/aromatic N) is 6. The maximum absolute atomic E-state index is 12.6. The van der Waals surface area contributed by atoms with Gasteiger partial charge in [-0.1, -0.05) is 35.5 Å². The predicted molar refractivity (Wildman–Crippen MR) is 110 cm³/mol. The van der Waals surface area contributed by atoms with E-state index in [4.69, 9.17) is 4.52 Å². The van der Waals surface area contributed by atoms with Crippen LogP contribution in [-0.2, 0) is 0 Å². The zero-order valence-electron chi connectivity index (χ0n) is 15.4. The summed E-state index contributed by atoms with van der Waals surface area (Å²) in [5.74, 6) is 1.12. The Bertz CT molecular complexity index is 1140. The van der Waals surface area contributed by atoms with E-state index in [0.29, 0.717) is 43.1 Å². The number of hydrogen-bond acceptors (Lipinski definition) is 8. The molecule has 4 heterocycles. The fourth-order valence-electron chi connectivity index (χ4n) is 3.20. The van der Waals surface area contributed by atoms with Crippen LogP contribution >= 0.6 is 11.5 Å². The maximum Gasteiger partial charge on any atom is 0.323 e. The molecule has 3 aromatic heterocycles. The number of benzene rings is 1. The molecule has 2 amide bonds. The first-order valence-electron chi connectivity index (χ1n) is 9.18. The van der Waals surface area contributed by atoms with E-state index in [1.54, 1.807) is 17.2 Å². The smallest absolute Gasteiger partial charge is 0.323 e. The number of urea groups is 1. The highest BCUT2D eigenvalue weighted by molar-refractivity contribution is 7.09. The molecular formula is C19H17N7O2S. The molecule has 1 aliphatic heterocycles. The second-order valence-electron chi connectivity index (χ2n) is 6.56. The molecule has 1 fully saturated rings.